The van der Waals surface area contributed by atoms with Crippen molar-refractivity contribution in [3.8, 4) is 0 Å². The summed E-state index contributed by atoms with van der Waals surface area (Å²) in [5.74, 6) is -1.59. The molecule has 0 spiro atoms. The standard InChI is InChI=1S/C83H146O16P2/c1-4-7-10-13-16-19-22-25-28-30-31-32-33-34-35-36-37-38-39-40-41-42-43-44-45-47-50-51-54-57-60-63-66-69-81(86)93-72-78(84)73-95-100(89,90)96-74-79(85)75-97-101(91,92)98-77-80(99-83(88)71-68-65-62-59-56-53-48-27-24-21-18-15-12-9-6-3)76-94-82(87)70-67-64-61-58-55-52-49-46-29-26-23-20-17-14-11-8-5-2/h8,11,16-21,25-29,31-32,34-35,48,78-80,84-85H,4-7,9-10,12-15,22-24,30,33,36-47,49-77H2,1-3H3,(H,89,90)(H,91,92)/b11-8-,19-16-,20-17-,21-18-,28-25-,29-26-,32-31-,35-34-,48-27-. The highest BCUT2D eigenvalue weighted by molar-refractivity contribution is 7.47. The van der Waals surface area contributed by atoms with Crippen LogP contribution in [0.25, 0.3) is 0 Å². The van der Waals surface area contributed by atoms with Crippen LogP contribution in [0.15, 0.2) is 109 Å². The van der Waals surface area contributed by atoms with E-state index in [9.17, 15) is 43.5 Å². The molecule has 0 aliphatic rings. The molecule has 0 aromatic carbocycles. The molecule has 0 bridgehead atoms. The molecule has 0 rings (SSSR count). The van der Waals surface area contributed by atoms with Crippen molar-refractivity contribution in [2.75, 3.05) is 39.6 Å². The number of allylic oxidation sites excluding steroid dienone is 18. The first-order valence-corrected chi connectivity index (χ1v) is 43.2. The van der Waals surface area contributed by atoms with Gasteiger partial charge in [0.15, 0.2) is 6.10 Å². The van der Waals surface area contributed by atoms with Gasteiger partial charge in [-0.2, -0.15) is 0 Å². The van der Waals surface area contributed by atoms with E-state index in [1.54, 1.807) is 0 Å². The van der Waals surface area contributed by atoms with Gasteiger partial charge in [-0.15, -0.1) is 0 Å². The fraction of sp³-hybridized carbons (Fsp3) is 0.747. The Balaban J connectivity index is 4.41. The Hall–Kier alpha value is -3.79. The van der Waals surface area contributed by atoms with Crippen LogP contribution in [0.4, 0.5) is 0 Å². The number of carbonyl (C=O) groups is 3. The number of hydrogen-bond acceptors (Lipinski definition) is 14. The molecule has 18 heteroatoms. The smallest absolute Gasteiger partial charge is 0.463 e. The third kappa shape index (κ3) is 77.1. The molecule has 0 amide bonds. The number of ether oxygens (including phenoxy) is 3. The van der Waals surface area contributed by atoms with Gasteiger partial charge in [0.1, 0.15) is 25.4 Å². The largest absolute Gasteiger partial charge is 0.472 e. The van der Waals surface area contributed by atoms with Crippen molar-refractivity contribution in [2.45, 2.75) is 360 Å². The summed E-state index contributed by atoms with van der Waals surface area (Å²) < 4.78 is 61.1. The summed E-state index contributed by atoms with van der Waals surface area (Å²) in [4.78, 5) is 58.6. The van der Waals surface area contributed by atoms with E-state index < -0.39 is 91.5 Å². The topological polar surface area (TPSA) is 231 Å². The minimum absolute atomic E-state index is 0.0860. The summed E-state index contributed by atoms with van der Waals surface area (Å²) in [5, 5.41) is 20.6. The molecular weight excluding hydrogens is 1310 g/mol. The number of hydrogen-bond donors (Lipinski definition) is 4. The molecule has 0 fully saturated rings. The van der Waals surface area contributed by atoms with Gasteiger partial charge >= 0.3 is 33.6 Å². The Labute approximate surface area is 615 Å². The first-order chi connectivity index (χ1) is 49.2. The molecule has 584 valence electrons. The van der Waals surface area contributed by atoms with Gasteiger partial charge in [0.2, 0.25) is 0 Å². The van der Waals surface area contributed by atoms with Crippen LogP contribution < -0.4 is 0 Å². The number of phosphoric ester groups is 2. The second-order valence-corrected chi connectivity index (χ2v) is 29.7. The lowest BCUT2D eigenvalue weighted by molar-refractivity contribution is -0.161. The minimum Gasteiger partial charge on any atom is -0.463 e. The summed E-state index contributed by atoms with van der Waals surface area (Å²) in [6, 6.07) is 0. The third-order valence-corrected chi connectivity index (χ3v) is 18.9. The fourth-order valence-corrected chi connectivity index (χ4v) is 12.4. The number of rotatable bonds is 76. The van der Waals surface area contributed by atoms with Crippen LogP contribution in [-0.4, -0.2) is 95.9 Å². The maximum Gasteiger partial charge on any atom is 0.472 e. The number of unbranched alkanes of at least 4 members (excludes halogenated alkanes) is 35. The molecule has 0 heterocycles. The Kier molecular flexibility index (Phi) is 73.0. The van der Waals surface area contributed by atoms with Gasteiger partial charge in [-0.3, -0.25) is 32.5 Å². The molecular formula is C83H146O16P2. The summed E-state index contributed by atoms with van der Waals surface area (Å²) >= 11 is 0. The predicted octanol–water partition coefficient (Wildman–Crippen LogP) is 23.5. The maximum atomic E-state index is 12.9. The van der Waals surface area contributed by atoms with Crippen LogP contribution in [0.3, 0.4) is 0 Å². The van der Waals surface area contributed by atoms with Crippen LogP contribution in [0.5, 0.6) is 0 Å². The van der Waals surface area contributed by atoms with E-state index in [0.717, 1.165) is 148 Å². The molecule has 101 heavy (non-hydrogen) atoms. The summed E-state index contributed by atoms with van der Waals surface area (Å²) in [6.07, 6.45) is 88.7. The number of phosphoric acid groups is 2. The lowest BCUT2D eigenvalue weighted by Gasteiger charge is -2.21. The fourth-order valence-electron chi connectivity index (χ4n) is 10.8. The van der Waals surface area contributed by atoms with Crippen LogP contribution in [-0.2, 0) is 55.8 Å². The average molecular weight is 1460 g/mol. The van der Waals surface area contributed by atoms with Crippen LogP contribution in [0.2, 0.25) is 0 Å². The second-order valence-electron chi connectivity index (χ2n) is 26.8. The first kappa shape index (κ1) is 97.2. The van der Waals surface area contributed by atoms with Gasteiger partial charge < -0.3 is 34.2 Å². The van der Waals surface area contributed by atoms with Crippen molar-refractivity contribution in [3.05, 3.63) is 109 Å². The molecule has 5 atom stereocenters. The Morgan fingerprint density at radius 1 is 0.287 bits per heavy atom. The van der Waals surface area contributed by atoms with Gasteiger partial charge in [-0.1, -0.05) is 304 Å². The van der Waals surface area contributed by atoms with Gasteiger partial charge in [-0.25, -0.2) is 9.13 Å². The van der Waals surface area contributed by atoms with Crippen molar-refractivity contribution >= 4 is 33.6 Å². The highest BCUT2D eigenvalue weighted by Gasteiger charge is 2.29. The predicted molar refractivity (Wildman–Crippen MR) is 417 cm³/mol. The third-order valence-electron chi connectivity index (χ3n) is 17.0. The molecule has 0 saturated carbocycles. The van der Waals surface area contributed by atoms with E-state index in [2.05, 4.69) is 130 Å². The minimum atomic E-state index is -4.93. The average Bonchev–Trinajstić information content (AvgIpc) is 0.944. The van der Waals surface area contributed by atoms with Crippen molar-refractivity contribution in [1.82, 2.24) is 0 Å². The Bertz CT molecular complexity index is 2270. The van der Waals surface area contributed by atoms with E-state index in [1.807, 2.05) is 0 Å². The van der Waals surface area contributed by atoms with Crippen LogP contribution in [0, 0.1) is 0 Å². The Morgan fingerprint density at radius 2 is 0.525 bits per heavy atom. The van der Waals surface area contributed by atoms with E-state index >= 15 is 0 Å². The van der Waals surface area contributed by atoms with E-state index in [4.69, 9.17) is 32.3 Å². The second kappa shape index (κ2) is 75.9. The van der Waals surface area contributed by atoms with Crippen molar-refractivity contribution < 1.29 is 75.8 Å². The van der Waals surface area contributed by atoms with Gasteiger partial charge in [0.25, 0.3) is 0 Å². The monoisotopic (exact) mass is 1460 g/mol. The number of esters is 3. The Morgan fingerprint density at radius 3 is 0.832 bits per heavy atom. The molecule has 0 aromatic rings. The highest BCUT2D eigenvalue weighted by atomic mass is 31.2. The van der Waals surface area contributed by atoms with E-state index in [-0.39, 0.29) is 19.3 Å². The molecule has 0 radical (unpaired) electrons. The molecule has 0 saturated heterocycles. The van der Waals surface area contributed by atoms with Crippen LogP contribution in [0.1, 0.15) is 342 Å². The zero-order chi connectivity index (χ0) is 73.7. The van der Waals surface area contributed by atoms with Crippen molar-refractivity contribution in [2.24, 2.45) is 0 Å². The molecule has 4 N–H and O–H groups in total. The highest BCUT2D eigenvalue weighted by Crippen LogP contribution is 2.45. The zero-order valence-corrected chi connectivity index (χ0v) is 65.6. The van der Waals surface area contributed by atoms with Crippen molar-refractivity contribution in [3.63, 3.8) is 0 Å². The maximum absolute atomic E-state index is 12.9. The SMILES string of the molecule is CC/C=C\C/C=C\C/C=C\CCCCCCCCCC(=O)OCC(COP(=O)(O)OCC(O)COP(=O)(O)OCC(O)COC(=O)CCCCCCCCCCCCCCCCCCC/C=C\C/C=C\C/C=C\C/C=C\CCCCC)OC(=O)CCCCCCC/C=C\C/C=C\CCCCC. The molecule has 0 aromatic heterocycles. The molecule has 5 unspecified atom stereocenters. The van der Waals surface area contributed by atoms with Gasteiger partial charge in [0.05, 0.1) is 26.4 Å². The van der Waals surface area contributed by atoms with Gasteiger partial charge in [-0.05, 0) is 128 Å². The summed E-state index contributed by atoms with van der Waals surface area (Å²) in [7, 11) is -9.79. The summed E-state index contributed by atoms with van der Waals surface area (Å²) in [6.45, 7) is 2.51. The van der Waals surface area contributed by atoms with Crippen LogP contribution >= 0.6 is 15.6 Å². The number of aliphatic hydroxyl groups is 2. The van der Waals surface area contributed by atoms with Gasteiger partial charge in [0, 0.05) is 19.3 Å². The van der Waals surface area contributed by atoms with Crippen molar-refractivity contribution in [1.29, 1.82) is 0 Å². The zero-order valence-electron chi connectivity index (χ0n) is 63.8. The van der Waals surface area contributed by atoms with E-state index in [1.165, 1.54) is 135 Å². The lowest BCUT2D eigenvalue weighted by Crippen LogP contribution is -2.30. The quantitative estimate of drug-likeness (QED) is 0.0146. The molecule has 0 aliphatic heterocycles. The number of aliphatic hydroxyl groups excluding tert-OH is 2. The lowest BCUT2D eigenvalue weighted by atomic mass is 10.0. The summed E-state index contributed by atoms with van der Waals surface area (Å²) in [5.41, 5.74) is 0. The first-order valence-electron chi connectivity index (χ1n) is 40.2. The molecule has 16 nitrogen and oxygen atoms in total. The normalized spacial score (nSPS) is 14.6. The van der Waals surface area contributed by atoms with E-state index in [0.29, 0.717) is 19.3 Å². The molecule has 0 aliphatic carbocycles. The number of carbonyl (C=O) groups excluding carboxylic acids is 3.